The Morgan fingerprint density at radius 2 is 2.15 bits per heavy atom. The third kappa shape index (κ3) is 3.01. The smallest absolute Gasteiger partial charge is 0.322 e. The number of aliphatic carboxylic acids is 1. The van der Waals surface area contributed by atoms with Crippen LogP contribution in [0.4, 0.5) is 8.78 Å². The molecule has 2 atom stereocenters. The highest BCUT2D eigenvalue weighted by Gasteiger charge is 2.30. The first-order valence-electron chi connectivity index (χ1n) is 7.63. The fourth-order valence-electron chi connectivity index (χ4n) is 2.86. The van der Waals surface area contributed by atoms with E-state index in [0.717, 1.165) is 12.1 Å². The van der Waals surface area contributed by atoms with Gasteiger partial charge in [0.1, 0.15) is 30.1 Å². The van der Waals surface area contributed by atoms with E-state index in [1.165, 1.54) is 16.9 Å². The summed E-state index contributed by atoms with van der Waals surface area (Å²) in [5.74, 6) is -5.13. The molecule has 0 spiro atoms. The summed E-state index contributed by atoms with van der Waals surface area (Å²) in [7, 11) is 0. The third-order valence-corrected chi connectivity index (χ3v) is 4.15. The van der Waals surface area contributed by atoms with E-state index >= 15 is 0 Å². The van der Waals surface area contributed by atoms with Gasteiger partial charge in [0.05, 0.1) is 5.69 Å². The highest BCUT2D eigenvalue weighted by molar-refractivity contribution is 6.00. The number of carboxylic acid groups (broad SMARTS) is 1. The molecule has 2 aromatic heterocycles. The number of allylic oxidation sites excluding steroid dienone is 4. The summed E-state index contributed by atoms with van der Waals surface area (Å²) in [6.45, 7) is 0.875. The summed E-state index contributed by atoms with van der Waals surface area (Å²) in [6.07, 6.45) is 3.17. The maximum absolute atomic E-state index is 13.9. The fraction of sp³-hybridized carbons (Fsp3) is 0.250. The molecule has 0 bridgehead atoms. The minimum atomic E-state index is -1.27. The van der Waals surface area contributed by atoms with Gasteiger partial charge in [-0.15, -0.1) is 0 Å². The lowest BCUT2D eigenvalue weighted by Crippen LogP contribution is -2.34. The van der Waals surface area contributed by atoms with Crippen molar-refractivity contribution in [3.8, 4) is 0 Å². The standard InChI is InChI=1S/C16H14F2N4O4/c1-7-9(2-8(17)3-10(7)18)11-4-12(23)14(15-20-6-21-22(11)15)16(26)19-5-13(24)25/h2-4,6-7,9H,5H2,1H3,(H,19,26)(H,20,21)(H,24,25). The van der Waals surface area contributed by atoms with Crippen molar-refractivity contribution >= 4 is 17.5 Å². The van der Waals surface area contributed by atoms with Crippen LogP contribution in [-0.4, -0.2) is 38.1 Å². The Balaban J connectivity index is 2.11. The van der Waals surface area contributed by atoms with Crippen molar-refractivity contribution in [3.05, 3.63) is 57.7 Å². The van der Waals surface area contributed by atoms with E-state index in [0.29, 0.717) is 0 Å². The first-order chi connectivity index (χ1) is 12.3. The van der Waals surface area contributed by atoms with Gasteiger partial charge in [0.25, 0.3) is 5.91 Å². The van der Waals surface area contributed by atoms with E-state index in [9.17, 15) is 23.2 Å². The zero-order valence-corrected chi connectivity index (χ0v) is 13.5. The van der Waals surface area contributed by atoms with Crippen LogP contribution >= 0.6 is 0 Å². The Kier molecular flexibility index (Phi) is 4.41. The van der Waals surface area contributed by atoms with Crippen molar-refractivity contribution in [2.45, 2.75) is 12.8 Å². The average molecular weight is 364 g/mol. The number of rotatable bonds is 4. The summed E-state index contributed by atoms with van der Waals surface area (Å²) in [5, 5.41) is 13.4. The Hall–Kier alpha value is -3.30. The number of aromatic amines is 1. The van der Waals surface area contributed by atoms with Crippen molar-refractivity contribution in [1.82, 2.24) is 19.9 Å². The molecule has 8 nitrogen and oxygen atoms in total. The SMILES string of the molecule is CC1C(F)=CC(F)=CC1c1cc(=O)c(C(=O)NCC(=O)O)c2nc[nH]n12. The van der Waals surface area contributed by atoms with Crippen molar-refractivity contribution in [1.29, 1.82) is 0 Å². The number of hydrogen-bond acceptors (Lipinski definition) is 4. The summed E-state index contributed by atoms with van der Waals surface area (Å²) in [6, 6.07) is 1.09. The van der Waals surface area contributed by atoms with Gasteiger partial charge in [-0.25, -0.2) is 18.3 Å². The Labute approximate surface area is 144 Å². The molecule has 0 saturated heterocycles. The van der Waals surface area contributed by atoms with Gasteiger partial charge in [-0.1, -0.05) is 6.92 Å². The Bertz CT molecular complexity index is 1020. The van der Waals surface area contributed by atoms with E-state index in [1.807, 2.05) is 0 Å². The van der Waals surface area contributed by atoms with Crippen LogP contribution in [0.1, 0.15) is 28.9 Å². The summed E-state index contributed by atoms with van der Waals surface area (Å²) in [4.78, 5) is 39.1. The number of fused-ring (bicyclic) bond motifs is 1. The second kappa shape index (κ2) is 6.54. The Morgan fingerprint density at radius 1 is 1.42 bits per heavy atom. The van der Waals surface area contributed by atoms with Crippen LogP contribution in [0, 0.1) is 5.92 Å². The van der Waals surface area contributed by atoms with Crippen molar-refractivity contribution in [3.63, 3.8) is 0 Å². The number of amides is 1. The molecule has 0 fully saturated rings. The van der Waals surface area contributed by atoms with Gasteiger partial charge < -0.3 is 10.4 Å². The molecule has 1 aliphatic carbocycles. The number of carbonyl (C=O) groups is 2. The maximum Gasteiger partial charge on any atom is 0.322 e. The lowest BCUT2D eigenvalue weighted by Gasteiger charge is -2.24. The van der Waals surface area contributed by atoms with Gasteiger partial charge in [0.15, 0.2) is 11.1 Å². The molecule has 0 saturated carbocycles. The minimum absolute atomic E-state index is 0.0636. The Morgan fingerprint density at radius 3 is 2.85 bits per heavy atom. The van der Waals surface area contributed by atoms with Gasteiger partial charge in [-0.3, -0.25) is 19.5 Å². The molecule has 2 aromatic rings. The molecule has 2 heterocycles. The molecular weight excluding hydrogens is 350 g/mol. The molecule has 0 aliphatic heterocycles. The van der Waals surface area contributed by atoms with Gasteiger partial charge in [-0.2, -0.15) is 0 Å². The van der Waals surface area contributed by atoms with Gasteiger partial charge in [0.2, 0.25) is 0 Å². The molecular formula is C16H14F2N4O4. The van der Waals surface area contributed by atoms with E-state index in [2.05, 4.69) is 15.4 Å². The molecule has 10 heteroatoms. The number of carbonyl (C=O) groups excluding carboxylic acids is 1. The second-order valence-electron chi connectivity index (χ2n) is 5.83. The van der Waals surface area contributed by atoms with Crippen LogP contribution in [0.3, 0.4) is 0 Å². The highest BCUT2D eigenvalue weighted by Crippen LogP contribution is 2.37. The maximum atomic E-state index is 13.9. The molecule has 0 radical (unpaired) electrons. The topological polar surface area (TPSA) is 117 Å². The largest absolute Gasteiger partial charge is 0.480 e. The van der Waals surface area contributed by atoms with Crippen LogP contribution < -0.4 is 10.7 Å². The van der Waals surface area contributed by atoms with Crippen LogP contribution in [0.25, 0.3) is 5.65 Å². The predicted octanol–water partition coefficient (Wildman–Crippen LogP) is 1.28. The number of carboxylic acids is 1. The van der Waals surface area contributed by atoms with Gasteiger partial charge >= 0.3 is 5.97 Å². The zero-order valence-electron chi connectivity index (χ0n) is 13.5. The number of halogens is 2. The van der Waals surface area contributed by atoms with Crippen molar-refractivity contribution < 1.29 is 23.5 Å². The minimum Gasteiger partial charge on any atom is -0.480 e. The first-order valence-corrected chi connectivity index (χ1v) is 7.63. The van der Waals surface area contributed by atoms with Crippen LogP contribution in [0.15, 0.2) is 41.0 Å². The monoisotopic (exact) mass is 364 g/mol. The number of aromatic nitrogens is 3. The normalized spacial score (nSPS) is 19.8. The number of hydrogen-bond donors (Lipinski definition) is 3. The van der Waals surface area contributed by atoms with E-state index in [4.69, 9.17) is 5.11 Å². The van der Waals surface area contributed by atoms with Crippen LogP contribution in [-0.2, 0) is 4.79 Å². The van der Waals surface area contributed by atoms with Crippen LogP contribution in [0.5, 0.6) is 0 Å². The van der Waals surface area contributed by atoms with E-state index in [-0.39, 0.29) is 16.9 Å². The number of nitrogens with one attached hydrogen (secondary N) is 2. The molecule has 1 amide bonds. The number of pyridine rings is 1. The summed E-state index contributed by atoms with van der Waals surface area (Å²) >= 11 is 0. The van der Waals surface area contributed by atoms with Crippen LogP contribution in [0.2, 0.25) is 0 Å². The molecule has 0 aromatic carbocycles. The average Bonchev–Trinajstić information content (AvgIpc) is 3.04. The number of H-pyrrole nitrogens is 1. The molecule has 26 heavy (non-hydrogen) atoms. The van der Waals surface area contributed by atoms with E-state index in [1.54, 1.807) is 6.92 Å². The quantitative estimate of drug-likeness (QED) is 0.756. The molecule has 3 N–H and O–H groups in total. The first kappa shape index (κ1) is 17.5. The molecule has 136 valence electrons. The summed E-state index contributed by atoms with van der Waals surface area (Å²) in [5.41, 5.74) is -0.930. The number of nitrogens with zero attached hydrogens (tertiary/aromatic N) is 2. The lowest BCUT2D eigenvalue weighted by atomic mass is 9.85. The highest BCUT2D eigenvalue weighted by atomic mass is 19.1. The zero-order chi connectivity index (χ0) is 19.0. The second-order valence-corrected chi connectivity index (χ2v) is 5.83. The van der Waals surface area contributed by atoms with Crippen molar-refractivity contribution in [2.75, 3.05) is 6.54 Å². The molecule has 3 rings (SSSR count). The van der Waals surface area contributed by atoms with Gasteiger partial charge in [-0.05, 0) is 6.08 Å². The van der Waals surface area contributed by atoms with Gasteiger partial charge in [0, 0.05) is 24.0 Å². The molecule has 1 aliphatic rings. The molecule has 2 unspecified atom stereocenters. The lowest BCUT2D eigenvalue weighted by molar-refractivity contribution is -0.135. The van der Waals surface area contributed by atoms with E-state index < -0.39 is 47.3 Å². The predicted molar refractivity (Wildman–Crippen MR) is 86.1 cm³/mol. The summed E-state index contributed by atoms with van der Waals surface area (Å²) < 4.78 is 28.9. The fourth-order valence-corrected chi connectivity index (χ4v) is 2.86. The third-order valence-electron chi connectivity index (χ3n) is 4.15. The van der Waals surface area contributed by atoms with Crippen molar-refractivity contribution in [2.24, 2.45) is 5.92 Å².